The molecule has 0 unspecified atom stereocenters. The van der Waals surface area contributed by atoms with Gasteiger partial charge in [-0.05, 0) is 54.7 Å². The van der Waals surface area contributed by atoms with Gasteiger partial charge in [-0.2, -0.15) is 4.37 Å². The van der Waals surface area contributed by atoms with Gasteiger partial charge in [-0.1, -0.05) is 34.1 Å². The Morgan fingerprint density at radius 3 is 2.70 bits per heavy atom. The lowest BCUT2D eigenvalue weighted by Crippen LogP contribution is -2.38. The van der Waals surface area contributed by atoms with Gasteiger partial charge >= 0.3 is 0 Å². The predicted octanol–water partition coefficient (Wildman–Crippen LogP) is 4.68. The third-order valence-corrected chi connectivity index (χ3v) is 6.56. The van der Waals surface area contributed by atoms with Crippen molar-refractivity contribution in [2.45, 2.75) is 19.3 Å². The number of amides is 1. The van der Waals surface area contributed by atoms with E-state index < -0.39 is 0 Å². The summed E-state index contributed by atoms with van der Waals surface area (Å²) in [7, 11) is 0. The van der Waals surface area contributed by atoms with Crippen molar-refractivity contribution in [3.05, 3.63) is 75.8 Å². The van der Waals surface area contributed by atoms with Crippen molar-refractivity contribution in [1.29, 1.82) is 0 Å². The summed E-state index contributed by atoms with van der Waals surface area (Å²) in [6, 6.07) is 13.9. The van der Waals surface area contributed by atoms with Gasteiger partial charge in [-0.15, -0.1) is 0 Å². The summed E-state index contributed by atoms with van der Waals surface area (Å²) in [4.78, 5) is 19.2. The Morgan fingerprint density at radius 1 is 1.20 bits per heavy atom. The van der Waals surface area contributed by atoms with Gasteiger partial charge < -0.3 is 10.2 Å². The summed E-state index contributed by atoms with van der Waals surface area (Å²) in [6.07, 6.45) is 2.62. The molecule has 1 fully saturated rings. The number of carbonyl (C=O) groups is 1. The molecule has 3 aromatic rings. The molecular formula is C22H22BrFN4OS. The van der Waals surface area contributed by atoms with Gasteiger partial charge in [0, 0.05) is 47.6 Å². The first-order chi connectivity index (χ1) is 14.6. The molecule has 1 aliphatic rings. The van der Waals surface area contributed by atoms with Crippen LogP contribution in [0.15, 0.2) is 53.0 Å². The molecule has 1 aliphatic heterocycles. The van der Waals surface area contributed by atoms with Crippen LogP contribution in [0.3, 0.4) is 0 Å². The molecule has 0 bridgehead atoms. The third kappa shape index (κ3) is 5.43. The van der Waals surface area contributed by atoms with Crippen molar-refractivity contribution in [1.82, 2.24) is 14.7 Å². The summed E-state index contributed by atoms with van der Waals surface area (Å²) < 4.78 is 18.4. The number of halogens is 2. The molecular weight excluding hydrogens is 467 g/mol. The Labute approximate surface area is 187 Å². The maximum Gasteiger partial charge on any atom is 0.251 e. The fourth-order valence-corrected chi connectivity index (χ4v) is 4.66. The molecule has 5 nitrogen and oxygen atoms in total. The number of hydrogen-bond donors (Lipinski definition) is 1. The van der Waals surface area contributed by atoms with Crippen LogP contribution < -0.4 is 10.2 Å². The number of benzene rings is 2. The second kappa shape index (κ2) is 9.66. The van der Waals surface area contributed by atoms with Gasteiger partial charge in [0.15, 0.2) is 0 Å². The van der Waals surface area contributed by atoms with E-state index in [0.717, 1.165) is 46.9 Å². The lowest BCUT2D eigenvalue weighted by Gasteiger charge is -2.31. The van der Waals surface area contributed by atoms with Crippen LogP contribution in [-0.4, -0.2) is 34.9 Å². The minimum atomic E-state index is -0.235. The van der Waals surface area contributed by atoms with Crippen LogP contribution in [0.1, 0.15) is 34.6 Å². The monoisotopic (exact) mass is 488 g/mol. The van der Waals surface area contributed by atoms with Crippen LogP contribution in [0.25, 0.3) is 0 Å². The van der Waals surface area contributed by atoms with Gasteiger partial charge in [0.05, 0.1) is 0 Å². The van der Waals surface area contributed by atoms with E-state index in [0.29, 0.717) is 24.4 Å². The Morgan fingerprint density at radius 2 is 1.97 bits per heavy atom. The first-order valence-electron chi connectivity index (χ1n) is 9.92. The zero-order valence-corrected chi connectivity index (χ0v) is 18.8. The predicted molar refractivity (Wildman–Crippen MR) is 121 cm³/mol. The zero-order valence-electron chi connectivity index (χ0n) is 16.4. The molecule has 0 saturated carbocycles. The average molecular weight is 489 g/mol. The lowest BCUT2D eigenvalue weighted by molar-refractivity contribution is 0.0945. The van der Waals surface area contributed by atoms with Crippen molar-refractivity contribution < 1.29 is 9.18 Å². The quantitative estimate of drug-likeness (QED) is 0.547. The number of carbonyl (C=O) groups excluding carboxylic acids is 1. The highest BCUT2D eigenvalue weighted by Gasteiger charge is 2.22. The van der Waals surface area contributed by atoms with Gasteiger partial charge in [-0.3, -0.25) is 4.79 Å². The summed E-state index contributed by atoms with van der Waals surface area (Å²) >= 11 is 4.81. The van der Waals surface area contributed by atoms with Crippen LogP contribution in [0.4, 0.5) is 9.52 Å². The normalized spacial score (nSPS) is 14.7. The van der Waals surface area contributed by atoms with E-state index in [1.807, 2.05) is 24.3 Å². The zero-order chi connectivity index (χ0) is 20.9. The number of rotatable bonds is 6. The fourth-order valence-electron chi connectivity index (χ4n) is 3.53. The number of piperidine rings is 1. The van der Waals surface area contributed by atoms with Crippen molar-refractivity contribution >= 4 is 38.5 Å². The van der Waals surface area contributed by atoms with Crippen molar-refractivity contribution in [3.63, 3.8) is 0 Å². The maximum absolute atomic E-state index is 13.0. The van der Waals surface area contributed by atoms with E-state index in [1.54, 1.807) is 12.1 Å². The highest BCUT2D eigenvalue weighted by atomic mass is 79.9. The molecule has 1 saturated heterocycles. The van der Waals surface area contributed by atoms with E-state index in [2.05, 4.69) is 35.5 Å². The SMILES string of the molecule is O=C(NCC1CCN(c2nc(Cc3ccc(F)cc3)ns2)CC1)c1cccc(Br)c1. The first-order valence-corrected chi connectivity index (χ1v) is 11.5. The molecule has 2 aromatic carbocycles. The van der Waals surface area contributed by atoms with Gasteiger partial charge in [0.25, 0.3) is 5.91 Å². The Kier molecular flexibility index (Phi) is 6.74. The molecule has 0 spiro atoms. The van der Waals surface area contributed by atoms with Crippen LogP contribution in [-0.2, 0) is 6.42 Å². The number of aromatic nitrogens is 2. The molecule has 30 heavy (non-hydrogen) atoms. The van der Waals surface area contributed by atoms with Crippen molar-refractivity contribution in [2.75, 3.05) is 24.5 Å². The topological polar surface area (TPSA) is 58.1 Å². The molecule has 156 valence electrons. The van der Waals surface area contributed by atoms with Gasteiger partial charge in [0.1, 0.15) is 11.6 Å². The second-order valence-electron chi connectivity index (χ2n) is 7.45. The molecule has 1 N–H and O–H groups in total. The molecule has 8 heteroatoms. The lowest BCUT2D eigenvalue weighted by atomic mass is 9.97. The van der Waals surface area contributed by atoms with E-state index in [4.69, 9.17) is 0 Å². The molecule has 0 aliphatic carbocycles. The summed E-state index contributed by atoms with van der Waals surface area (Å²) in [5, 5.41) is 3.99. The minimum Gasteiger partial charge on any atom is -0.352 e. The summed E-state index contributed by atoms with van der Waals surface area (Å²) in [5.41, 5.74) is 1.67. The van der Waals surface area contributed by atoms with E-state index >= 15 is 0 Å². The second-order valence-corrected chi connectivity index (χ2v) is 9.09. The summed E-state index contributed by atoms with van der Waals surface area (Å²) in [6.45, 7) is 2.50. The smallest absolute Gasteiger partial charge is 0.251 e. The molecule has 1 amide bonds. The number of nitrogens with zero attached hydrogens (tertiary/aromatic N) is 3. The molecule has 4 rings (SSSR count). The van der Waals surface area contributed by atoms with E-state index in [1.165, 1.54) is 23.7 Å². The molecule has 1 aromatic heterocycles. The Balaban J connectivity index is 1.25. The largest absolute Gasteiger partial charge is 0.352 e. The summed E-state index contributed by atoms with van der Waals surface area (Å²) in [5.74, 6) is 0.962. The third-order valence-electron chi connectivity index (χ3n) is 5.26. The highest BCUT2D eigenvalue weighted by molar-refractivity contribution is 9.10. The molecule has 0 radical (unpaired) electrons. The maximum atomic E-state index is 13.0. The van der Waals surface area contributed by atoms with Crippen LogP contribution in [0.2, 0.25) is 0 Å². The van der Waals surface area contributed by atoms with Crippen molar-refractivity contribution in [2.24, 2.45) is 5.92 Å². The average Bonchev–Trinajstić information content (AvgIpc) is 3.22. The van der Waals surface area contributed by atoms with Gasteiger partial charge in [0.2, 0.25) is 5.13 Å². The Hall–Kier alpha value is -2.32. The van der Waals surface area contributed by atoms with E-state index in [-0.39, 0.29) is 11.7 Å². The minimum absolute atomic E-state index is 0.0340. The van der Waals surface area contributed by atoms with Crippen LogP contribution >= 0.6 is 27.5 Å². The number of anilines is 1. The number of hydrogen-bond acceptors (Lipinski definition) is 5. The number of nitrogens with one attached hydrogen (secondary N) is 1. The Bertz CT molecular complexity index is 1000. The van der Waals surface area contributed by atoms with Crippen LogP contribution in [0.5, 0.6) is 0 Å². The van der Waals surface area contributed by atoms with E-state index in [9.17, 15) is 9.18 Å². The first kappa shape index (κ1) is 20.9. The van der Waals surface area contributed by atoms with Crippen molar-refractivity contribution in [3.8, 4) is 0 Å². The van der Waals surface area contributed by atoms with Crippen LogP contribution in [0, 0.1) is 11.7 Å². The fraction of sp³-hybridized carbons (Fsp3) is 0.318. The highest BCUT2D eigenvalue weighted by Crippen LogP contribution is 2.25. The molecule has 2 heterocycles. The standard InChI is InChI=1S/C22H22BrFN4OS/c23-18-3-1-2-17(13-18)21(29)25-14-16-8-10-28(11-9-16)22-26-20(27-30-22)12-15-4-6-19(24)7-5-15/h1-7,13,16H,8-12,14H2,(H,25,29). The van der Waals surface area contributed by atoms with Gasteiger partial charge in [-0.25, -0.2) is 9.37 Å². The molecule has 0 atom stereocenters.